The van der Waals surface area contributed by atoms with E-state index in [-0.39, 0.29) is 18.9 Å². The molecule has 0 unspecified atom stereocenters. The minimum Gasteiger partial charge on any atom is -0.484 e. The van der Waals surface area contributed by atoms with E-state index in [0.717, 1.165) is 5.56 Å². The van der Waals surface area contributed by atoms with Crippen molar-refractivity contribution in [3.8, 4) is 5.75 Å². The first-order valence-corrected chi connectivity index (χ1v) is 6.62. The summed E-state index contributed by atoms with van der Waals surface area (Å²) in [6, 6.07) is 5.18. The first-order valence-electron chi connectivity index (χ1n) is 6.25. The summed E-state index contributed by atoms with van der Waals surface area (Å²) in [4.78, 5) is 23.6. The molecular weight excluding hydrogens is 282 g/mol. The van der Waals surface area contributed by atoms with Gasteiger partial charge in [-0.1, -0.05) is 11.6 Å². The van der Waals surface area contributed by atoms with Gasteiger partial charge in [-0.15, -0.1) is 0 Å². The molecule has 0 fully saturated rings. The van der Waals surface area contributed by atoms with Crippen LogP contribution in [-0.4, -0.2) is 42.1 Å². The molecule has 1 amide bonds. The van der Waals surface area contributed by atoms with Crippen molar-refractivity contribution in [3.05, 3.63) is 28.8 Å². The largest absolute Gasteiger partial charge is 0.484 e. The van der Waals surface area contributed by atoms with Crippen molar-refractivity contribution in [2.75, 3.05) is 20.2 Å². The Morgan fingerprint density at radius 2 is 2.10 bits per heavy atom. The van der Waals surface area contributed by atoms with Crippen molar-refractivity contribution in [1.29, 1.82) is 0 Å². The number of nitrogens with zero attached hydrogens (tertiary/aromatic N) is 1. The highest BCUT2D eigenvalue weighted by Gasteiger charge is 2.10. The standard InChI is InChI=1S/C14H18ClNO4/c1-10-8-11(5-6-12(10)15)20-9-13(17)16(2)7-3-4-14(18)19/h5-6,8H,3-4,7,9H2,1-2H3,(H,18,19). The van der Waals surface area contributed by atoms with E-state index in [1.807, 2.05) is 6.92 Å². The molecule has 0 aromatic heterocycles. The minimum atomic E-state index is -0.862. The second kappa shape index (κ2) is 7.75. The average molecular weight is 300 g/mol. The van der Waals surface area contributed by atoms with Crippen molar-refractivity contribution in [2.24, 2.45) is 0 Å². The van der Waals surface area contributed by atoms with Crippen molar-refractivity contribution in [2.45, 2.75) is 19.8 Å². The van der Waals surface area contributed by atoms with Crippen molar-refractivity contribution in [3.63, 3.8) is 0 Å². The molecule has 1 N–H and O–H groups in total. The van der Waals surface area contributed by atoms with Crippen LogP contribution in [0, 0.1) is 6.92 Å². The lowest BCUT2D eigenvalue weighted by molar-refractivity contribution is -0.138. The Kier molecular flexibility index (Phi) is 6.31. The highest BCUT2D eigenvalue weighted by molar-refractivity contribution is 6.31. The maximum Gasteiger partial charge on any atom is 0.303 e. The van der Waals surface area contributed by atoms with Gasteiger partial charge in [0.1, 0.15) is 5.75 Å². The van der Waals surface area contributed by atoms with Crippen LogP contribution >= 0.6 is 11.6 Å². The fourth-order valence-electron chi connectivity index (χ4n) is 1.55. The van der Waals surface area contributed by atoms with Crippen molar-refractivity contribution < 1.29 is 19.4 Å². The lowest BCUT2D eigenvalue weighted by Gasteiger charge is -2.17. The van der Waals surface area contributed by atoms with E-state index in [1.165, 1.54) is 4.90 Å². The van der Waals surface area contributed by atoms with Crippen LogP contribution in [0.25, 0.3) is 0 Å². The molecule has 110 valence electrons. The predicted molar refractivity (Wildman–Crippen MR) is 76.2 cm³/mol. The van der Waals surface area contributed by atoms with Crippen LogP contribution in [0.15, 0.2) is 18.2 Å². The normalized spacial score (nSPS) is 10.2. The molecular formula is C14H18ClNO4. The molecule has 0 saturated carbocycles. The van der Waals surface area contributed by atoms with Gasteiger partial charge >= 0.3 is 5.97 Å². The monoisotopic (exact) mass is 299 g/mol. The molecule has 0 saturated heterocycles. The van der Waals surface area contributed by atoms with Gasteiger partial charge in [0.2, 0.25) is 0 Å². The molecule has 0 spiro atoms. The van der Waals surface area contributed by atoms with E-state index >= 15 is 0 Å². The molecule has 1 rings (SSSR count). The minimum absolute atomic E-state index is 0.0505. The third-order valence-electron chi connectivity index (χ3n) is 2.80. The Balaban J connectivity index is 2.38. The fourth-order valence-corrected chi connectivity index (χ4v) is 1.67. The summed E-state index contributed by atoms with van der Waals surface area (Å²) in [6.07, 6.45) is 0.479. The van der Waals surface area contributed by atoms with Gasteiger partial charge in [-0.2, -0.15) is 0 Å². The molecule has 20 heavy (non-hydrogen) atoms. The SMILES string of the molecule is Cc1cc(OCC(=O)N(C)CCCC(=O)O)ccc1Cl. The van der Waals surface area contributed by atoms with E-state index in [2.05, 4.69) is 0 Å². The second-order valence-corrected chi connectivity index (χ2v) is 4.92. The molecule has 0 aliphatic rings. The van der Waals surface area contributed by atoms with Gasteiger partial charge in [-0.25, -0.2) is 0 Å². The Bertz CT molecular complexity index is 490. The van der Waals surface area contributed by atoms with Crippen molar-refractivity contribution >= 4 is 23.5 Å². The number of rotatable bonds is 7. The molecule has 0 bridgehead atoms. The van der Waals surface area contributed by atoms with Crippen LogP contribution in [0.4, 0.5) is 0 Å². The van der Waals surface area contributed by atoms with Gasteiger partial charge in [0.15, 0.2) is 6.61 Å². The highest BCUT2D eigenvalue weighted by atomic mass is 35.5. The maximum atomic E-state index is 11.8. The number of aliphatic carboxylic acids is 1. The summed E-state index contributed by atoms with van der Waals surface area (Å²) in [5.41, 5.74) is 0.881. The summed E-state index contributed by atoms with van der Waals surface area (Å²) in [6.45, 7) is 2.17. The van der Waals surface area contributed by atoms with Gasteiger partial charge in [0, 0.05) is 25.0 Å². The first-order chi connectivity index (χ1) is 9.40. The fraction of sp³-hybridized carbons (Fsp3) is 0.429. The quantitative estimate of drug-likeness (QED) is 0.839. The van der Waals surface area contributed by atoms with Gasteiger partial charge < -0.3 is 14.7 Å². The van der Waals surface area contributed by atoms with E-state index < -0.39 is 5.97 Å². The zero-order chi connectivity index (χ0) is 15.1. The van der Waals surface area contributed by atoms with E-state index in [0.29, 0.717) is 23.7 Å². The molecule has 0 heterocycles. The number of benzene rings is 1. The predicted octanol–water partition coefficient (Wildman–Crippen LogP) is 2.35. The number of carbonyl (C=O) groups is 2. The Hall–Kier alpha value is -1.75. The molecule has 5 nitrogen and oxygen atoms in total. The smallest absolute Gasteiger partial charge is 0.303 e. The van der Waals surface area contributed by atoms with Crippen molar-refractivity contribution in [1.82, 2.24) is 4.90 Å². The van der Waals surface area contributed by atoms with Gasteiger partial charge in [-0.3, -0.25) is 9.59 Å². The van der Waals surface area contributed by atoms with Gasteiger partial charge in [0.25, 0.3) is 5.91 Å². The number of hydrogen-bond acceptors (Lipinski definition) is 3. The van der Waals surface area contributed by atoms with Crippen LogP contribution < -0.4 is 4.74 Å². The summed E-state index contributed by atoms with van der Waals surface area (Å²) >= 11 is 5.90. The number of carbonyl (C=O) groups excluding carboxylic acids is 1. The summed E-state index contributed by atoms with van der Waals surface area (Å²) in [5, 5.41) is 9.17. The third kappa shape index (κ3) is 5.48. The molecule has 1 aromatic rings. The topological polar surface area (TPSA) is 66.8 Å². The number of ether oxygens (including phenoxy) is 1. The summed E-state index contributed by atoms with van der Waals surface area (Å²) < 4.78 is 5.39. The third-order valence-corrected chi connectivity index (χ3v) is 3.23. The Labute approximate surface area is 123 Å². The molecule has 0 aliphatic heterocycles. The Morgan fingerprint density at radius 3 is 2.70 bits per heavy atom. The zero-order valence-electron chi connectivity index (χ0n) is 11.6. The van der Waals surface area contributed by atoms with E-state index in [1.54, 1.807) is 25.2 Å². The van der Waals surface area contributed by atoms with Crippen LogP contribution in [-0.2, 0) is 9.59 Å². The first kappa shape index (κ1) is 16.3. The van der Waals surface area contributed by atoms with E-state index in [9.17, 15) is 9.59 Å². The number of halogens is 1. The number of likely N-dealkylation sites (N-methyl/N-ethyl adjacent to an activating group) is 1. The lowest BCUT2D eigenvalue weighted by atomic mass is 10.2. The van der Waals surface area contributed by atoms with Crippen LogP contribution in [0.2, 0.25) is 5.02 Å². The highest BCUT2D eigenvalue weighted by Crippen LogP contribution is 2.20. The lowest BCUT2D eigenvalue weighted by Crippen LogP contribution is -2.32. The van der Waals surface area contributed by atoms with Crippen LogP contribution in [0.1, 0.15) is 18.4 Å². The maximum absolute atomic E-state index is 11.8. The molecule has 0 atom stereocenters. The van der Waals surface area contributed by atoms with Gasteiger partial charge in [-0.05, 0) is 37.1 Å². The number of aryl methyl sites for hydroxylation is 1. The Morgan fingerprint density at radius 1 is 1.40 bits per heavy atom. The van der Waals surface area contributed by atoms with Crippen LogP contribution in [0.5, 0.6) is 5.75 Å². The molecule has 6 heteroatoms. The number of amides is 1. The zero-order valence-corrected chi connectivity index (χ0v) is 12.3. The number of carboxylic acids is 1. The summed E-state index contributed by atoms with van der Waals surface area (Å²) in [7, 11) is 1.63. The number of hydrogen-bond donors (Lipinski definition) is 1. The average Bonchev–Trinajstić information content (AvgIpc) is 2.39. The van der Waals surface area contributed by atoms with E-state index in [4.69, 9.17) is 21.4 Å². The molecule has 1 aromatic carbocycles. The molecule has 0 radical (unpaired) electrons. The van der Waals surface area contributed by atoms with Gasteiger partial charge in [0.05, 0.1) is 0 Å². The molecule has 0 aliphatic carbocycles. The number of carboxylic acid groups (broad SMARTS) is 1. The van der Waals surface area contributed by atoms with Crippen LogP contribution in [0.3, 0.4) is 0 Å². The second-order valence-electron chi connectivity index (χ2n) is 4.51. The summed E-state index contributed by atoms with van der Waals surface area (Å²) in [5.74, 6) is -0.471.